The van der Waals surface area contributed by atoms with Gasteiger partial charge in [0.1, 0.15) is 5.82 Å². The summed E-state index contributed by atoms with van der Waals surface area (Å²) >= 11 is 6.13. The van der Waals surface area contributed by atoms with E-state index in [1.807, 2.05) is 24.3 Å². The molecule has 0 aliphatic heterocycles. The Morgan fingerprint density at radius 3 is 2.42 bits per heavy atom. The van der Waals surface area contributed by atoms with Gasteiger partial charge < -0.3 is 5.11 Å². The fourth-order valence-corrected chi connectivity index (χ4v) is 5.70. The third-order valence-electron chi connectivity index (χ3n) is 5.94. The van der Waals surface area contributed by atoms with Crippen LogP contribution >= 0.6 is 11.6 Å². The van der Waals surface area contributed by atoms with E-state index in [4.69, 9.17) is 16.7 Å². The van der Waals surface area contributed by atoms with Crippen LogP contribution in [0.4, 0.5) is 4.39 Å². The highest BCUT2D eigenvalue weighted by molar-refractivity contribution is 7.90. The molecular weight excluding hydrogens is 501 g/mol. The first kappa shape index (κ1) is 25.7. The molecule has 186 valence electrons. The second kappa shape index (κ2) is 10.3. The predicted molar refractivity (Wildman–Crippen MR) is 142 cm³/mol. The van der Waals surface area contributed by atoms with Gasteiger partial charge in [-0.15, -0.1) is 0 Å². The van der Waals surface area contributed by atoms with Gasteiger partial charge in [-0.25, -0.2) is 21.6 Å². The van der Waals surface area contributed by atoms with E-state index in [1.54, 1.807) is 36.4 Å². The second-order valence-electron chi connectivity index (χ2n) is 8.90. The number of hydrogen-bond acceptors (Lipinski definition) is 3. The van der Waals surface area contributed by atoms with Crippen molar-refractivity contribution in [1.82, 2.24) is 3.97 Å². The van der Waals surface area contributed by atoms with Crippen molar-refractivity contribution in [2.75, 3.05) is 5.75 Å². The second-order valence-corrected chi connectivity index (χ2v) is 11.2. The summed E-state index contributed by atoms with van der Waals surface area (Å²) < 4.78 is 42.5. The summed E-state index contributed by atoms with van der Waals surface area (Å²) in [5.41, 5.74) is 2.99. The van der Waals surface area contributed by atoms with Crippen LogP contribution in [0, 0.1) is 5.82 Å². The molecule has 1 heterocycles. The van der Waals surface area contributed by atoms with E-state index in [1.165, 1.54) is 21.7 Å². The van der Waals surface area contributed by atoms with Crippen molar-refractivity contribution < 1.29 is 22.7 Å². The van der Waals surface area contributed by atoms with Crippen LogP contribution in [0.25, 0.3) is 17.0 Å². The quantitative estimate of drug-likeness (QED) is 0.276. The lowest BCUT2D eigenvalue weighted by Gasteiger charge is -2.11. The summed E-state index contributed by atoms with van der Waals surface area (Å²) in [6.45, 7) is 4.22. The zero-order valence-electron chi connectivity index (χ0n) is 19.8. The summed E-state index contributed by atoms with van der Waals surface area (Å²) in [7, 11) is -3.83. The lowest BCUT2D eigenvalue weighted by atomic mass is 10.0. The Morgan fingerprint density at radius 1 is 1.06 bits per heavy atom. The maximum atomic E-state index is 14.3. The van der Waals surface area contributed by atoms with Gasteiger partial charge in [0, 0.05) is 22.5 Å². The van der Waals surface area contributed by atoms with Crippen LogP contribution in [0.5, 0.6) is 0 Å². The van der Waals surface area contributed by atoms with Crippen LogP contribution in [-0.4, -0.2) is 29.2 Å². The zero-order valence-corrected chi connectivity index (χ0v) is 21.4. The number of carbonyl (C=O) groups is 1. The minimum atomic E-state index is -3.83. The molecule has 1 N–H and O–H groups in total. The van der Waals surface area contributed by atoms with E-state index in [9.17, 15) is 17.6 Å². The molecule has 4 rings (SSSR count). The van der Waals surface area contributed by atoms with E-state index >= 15 is 0 Å². The molecule has 36 heavy (non-hydrogen) atoms. The highest BCUT2D eigenvalue weighted by Crippen LogP contribution is 2.28. The third kappa shape index (κ3) is 5.53. The standard InChI is InChI=1S/C28H25ClFNO4S/c1-18(2)21-8-5-19(6-9-21)4-3-13-36(34,35)31-24(17-22-16-23(29)10-12-27(22)31)14-20-7-11-25(28(32)33)26(30)15-20/h3-12,15-18H,13-14H2,1-2H3,(H,32,33). The van der Waals surface area contributed by atoms with Crippen LogP contribution in [0.3, 0.4) is 0 Å². The van der Waals surface area contributed by atoms with Crippen LogP contribution in [-0.2, 0) is 16.4 Å². The van der Waals surface area contributed by atoms with Crippen molar-refractivity contribution in [3.05, 3.63) is 112 Å². The first-order valence-electron chi connectivity index (χ1n) is 11.4. The van der Waals surface area contributed by atoms with Crippen LogP contribution in [0.2, 0.25) is 5.02 Å². The highest BCUT2D eigenvalue weighted by atomic mass is 35.5. The topological polar surface area (TPSA) is 76.4 Å². The molecule has 0 radical (unpaired) electrons. The Labute approximate surface area is 214 Å². The minimum Gasteiger partial charge on any atom is -0.478 e. The average Bonchev–Trinajstić information content (AvgIpc) is 3.16. The molecule has 0 bridgehead atoms. The van der Waals surface area contributed by atoms with Gasteiger partial charge >= 0.3 is 5.97 Å². The molecule has 0 atom stereocenters. The Kier molecular flexibility index (Phi) is 7.33. The summed E-state index contributed by atoms with van der Waals surface area (Å²) in [5.74, 6) is -2.08. The van der Waals surface area contributed by atoms with E-state index in [-0.39, 0.29) is 12.2 Å². The number of carboxylic acids is 1. The number of nitrogens with zero attached hydrogens (tertiary/aromatic N) is 1. The van der Waals surface area contributed by atoms with Gasteiger partial charge in [0.15, 0.2) is 0 Å². The largest absolute Gasteiger partial charge is 0.478 e. The SMILES string of the molecule is CC(C)c1ccc(C=CCS(=O)(=O)n2c(Cc3ccc(C(=O)O)c(F)c3)cc3cc(Cl)ccc32)cc1. The van der Waals surface area contributed by atoms with E-state index in [0.29, 0.717) is 33.1 Å². The van der Waals surface area contributed by atoms with E-state index in [2.05, 4.69) is 13.8 Å². The molecule has 3 aromatic carbocycles. The Hall–Kier alpha value is -3.42. The van der Waals surface area contributed by atoms with Gasteiger partial charge in [-0.2, -0.15) is 0 Å². The Balaban J connectivity index is 1.68. The number of rotatable bonds is 8. The molecule has 8 heteroatoms. The van der Waals surface area contributed by atoms with Gasteiger partial charge in [0.2, 0.25) is 10.0 Å². The normalized spacial score (nSPS) is 12.1. The average molecular weight is 526 g/mol. The number of carboxylic acid groups (broad SMARTS) is 1. The first-order chi connectivity index (χ1) is 17.0. The zero-order chi connectivity index (χ0) is 26.0. The van der Waals surface area contributed by atoms with Crippen LogP contribution < -0.4 is 0 Å². The van der Waals surface area contributed by atoms with E-state index in [0.717, 1.165) is 11.6 Å². The Morgan fingerprint density at radius 2 is 1.78 bits per heavy atom. The first-order valence-corrected chi connectivity index (χ1v) is 13.4. The predicted octanol–water partition coefficient (Wildman–Crippen LogP) is 6.74. The number of aromatic carboxylic acids is 1. The maximum Gasteiger partial charge on any atom is 0.338 e. The fourth-order valence-electron chi connectivity index (χ4n) is 4.09. The molecule has 0 saturated heterocycles. The summed E-state index contributed by atoms with van der Waals surface area (Å²) in [6.07, 6.45) is 3.46. The highest BCUT2D eigenvalue weighted by Gasteiger charge is 2.21. The molecule has 0 amide bonds. The van der Waals surface area contributed by atoms with Gasteiger partial charge in [-0.3, -0.25) is 0 Å². The molecule has 0 aliphatic rings. The fraction of sp³-hybridized carbons (Fsp3) is 0.179. The smallest absolute Gasteiger partial charge is 0.338 e. The molecular formula is C28H25ClFNO4S. The van der Waals surface area contributed by atoms with Gasteiger partial charge in [0.25, 0.3) is 0 Å². The van der Waals surface area contributed by atoms with Gasteiger partial charge in [-0.1, -0.05) is 67.9 Å². The molecule has 1 aromatic heterocycles. The van der Waals surface area contributed by atoms with E-state index < -0.39 is 27.4 Å². The molecule has 5 nitrogen and oxygen atoms in total. The molecule has 0 fully saturated rings. The minimum absolute atomic E-state index is 0.0860. The maximum absolute atomic E-state index is 14.3. The summed E-state index contributed by atoms with van der Waals surface area (Å²) in [4.78, 5) is 11.1. The number of hydrogen-bond donors (Lipinski definition) is 1. The summed E-state index contributed by atoms with van der Waals surface area (Å²) in [6, 6.07) is 18.4. The van der Waals surface area contributed by atoms with Crippen molar-refractivity contribution >= 4 is 44.6 Å². The number of aromatic nitrogens is 1. The number of fused-ring (bicyclic) bond motifs is 1. The number of halogens is 2. The van der Waals surface area contributed by atoms with Crippen molar-refractivity contribution in [3.8, 4) is 0 Å². The van der Waals surface area contributed by atoms with Gasteiger partial charge in [-0.05, 0) is 59.0 Å². The lowest BCUT2D eigenvalue weighted by Crippen LogP contribution is -2.18. The third-order valence-corrected chi connectivity index (χ3v) is 7.78. The monoisotopic (exact) mass is 525 g/mol. The van der Waals surface area contributed by atoms with Crippen molar-refractivity contribution in [3.63, 3.8) is 0 Å². The molecule has 0 saturated carbocycles. The van der Waals surface area contributed by atoms with Crippen LogP contribution in [0.15, 0.2) is 72.8 Å². The van der Waals surface area contributed by atoms with Crippen molar-refractivity contribution in [2.45, 2.75) is 26.2 Å². The molecule has 4 aromatic rings. The van der Waals surface area contributed by atoms with Gasteiger partial charge in [0.05, 0.1) is 16.8 Å². The van der Waals surface area contributed by atoms with Crippen LogP contribution in [0.1, 0.15) is 52.5 Å². The Bertz CT molecular complexity index is 1570. The molecule has 0 spiro atoms. The van der Waals surface area contributed by atoms with Crippen molar-refractivity contribution in [1.29, 1.82) is 0 Å². The number of benzene rings is 3. The summed E-state index contributed by atoms with van der Waals surface area (Å²) in [5, 5.41) is 10.2. The molecule has 0 unspecified atom stereocenters. The van der Waals surface area contributed by atoms with Crippen molar-refractivity contribution in [2.24, 2.45) is 0 Å². The molecule has 0 aliphatic carbocycles. The lowest BCUT2D eigenvalue weighted by molar-refractivity contribution is 0.0692.